The highest BCUT2D eigenvalue weighted by Gasteiger charge is 2.79. The Hall–Kier alpha value is -4.00. The third-order valence-electron chi connectivity index (χ3n) is 8.42. The summed E-state index contributed by atoms with van der Waals surface area (Å²) in [5.74, 6) is -3.11. The number of hydrogen-bond donors (Lipinski definition) is 0. The molecule has 1 fully saturated rings. The summed E-state index contributed by atoms with van der Waals surface area (Å²) in [6, 6.07) is 27.7. The number of benzene rings is 4. The largest absolute Gasteiger partial charge is 0.348 e. The summed E-state index contributed by atoms with van der Waals surface area (Å²) >= 11 is 3.45. The molecule has 0 saturated carbocycles. The number of carbonyl (C=O) groups excluding carboxylic acids is 4. The number of ketones is 4. The molecule has 1 aliphatic heterocycles. The normalized spacial score (nSPS) is 22.1. The number of rotatable bonds is 2. The van der Waals surface area contributed by atoms with Crippen LogP contribution < -0.4 is 0 Å². The molecule has 2 spiro atoms. The van der Waals surface area contributed by atoms with Gasteiger partial charge >= 0.3 is 0 Å². The first-order chi connectivity index (χ1) is 18.8. The SMILES string of the molecule is Cc1ccc([C@@H]2OC3(C(=O)c4ccccc4C3=O)[C@H](c3ccc(Br)cc3)C23C(=O)c2ccccc2C3=O)cc1. The van der Waals surface area contributed by atoms with Crippen LogP contribution in [-0.4, -0.2) is 28.7 Å². The zero-order chi connectivity index (χ0) is 27.1. The number of hydrogen-bond acceptors (Lipinski definition) is 5. The molecular weight excluding hydrogens is 556 g/mol. The van der Waals surface area contributed by atoms with Gasteiger partial charge in [0.25, 0.3) is 0 Å². The Morgan fingerprint density at radius 1 is 0.590 bits per heavy atom. The van der Waals surface area contributed by atoms with E-state index in [1.165, 1.54) is 0 Å². The second kappa shape index (κ2) is 8.25. The molecule has 0 aromatic heterocycles. The van der Waals surface area contributed by atoms with E-state index in [2.05, 4.69) is 15.9 Å². The smallest absolute Gasteiger partial charge is 0.204 e. The van der Waals surface area contributed by atoms with Gasteiger partial charge in [-0.05, 0) is 30.2 Å². The van der Waals surface area contributed by atoms with Crippen molar-refractivity contribution >= 4 is 39.1 Å². The lowest BCUT2D eigenvalue weighted by Gasteiger charge is -2.34. The lowest BCUT2D eigenvalue weighted by atomic mass is 9.60. The molecule has 6 heteroatoms. The molecule has 1 saturated heterocycles. The van der Waals surface area contributed by atoms with Gasteiger partial charge in [0.2, 0.25) is 17.2 Å². The molecular formula is C33H21BrO5. The zero-order valence-corrected chi connectivity index (χ0v) is 22.4. The van der Waals surface area contributed by atoms with E-state index in [4.69, 9.17) is 4.74 Å². The standard InChI is InChI=1S/C33H21BrO5/c1-18-10-12-20(13-11-18)31-32(27(35)22-6-2-3-7-23(22)28(32)36)26(19-14-16-21(34)17-15-19)33(39-31)29(37)24-8-4-5-9-25(24)30(33)38/h2-17,26,31H,1H3/t26-,31+/m1/s1. The summed E-state index contributed by atoms with van der Waals surface area (Å²) < 4.78 is 7.48. The van der Waals surface area contributed by atoms with Crippen LogP contribution in [0.15, 0.2) is 102 Å². The van der Waals surface area contributed by atoms with Gasteiger partial charge in [0.1, 0.15) is 11.5 Å². The maximum Gasteiger partial charge on any atom is 0.204 e. The Morgan fingerprint density at radius 2 is 1.03 bits per heavy atom. The third kappa shape index (κ3) is 2.93. The second-order valence-electron chi connectivity index (χ2n) is 10.4. The molecule has 2 aliphatic carbocycles. The molecule has 4 aromatic rings. The van der Waals surface area contributed by atoms with Crippen LogP contribution in [0.5, 0.6) is 0 Å². The predicted molar refractivity (Wildman–Crippen MR) is 147 cm³/mol. The minimum absolute atomic E-state index is 0.236. The highest BCUT2D eigenvalue weighted by molar-refractivity contribution is 9.10. The van der Waals surface area contributed by atoms with Crippen LogP contribution in [0.3, 0.4) is 0 Å². The Morgan fingerprint density at radius 3 is 1.51 bits per heavy atom. The lowest BCUT2D eigenvalue weighted by Crippen LogP contribution is -2.51. The van der Waals surface area contributed by atoms with Gasteiger partial charge in [0.05, 0.1) is 5.92 Å². The van der Waals surface area contributed by atoms with Crippen molar-refractivity contribution in [1.29, 1.82) is 0 Å². The summed E-state index contributed by atoms with van der Waals surface area (Å²) in [7, 11) is 0. The van der Waals surface area contributed by atoms with E-state index >= 15 is 0 Å². The van der Waals surface area contributed by atoms with Crippen LogP contribution in [0.1, 0.15) is 70.1 Å². The first-order valence-electron chi connectivity index (χ1n) is 12.7. The fraction of sp³-hybridized carbons (Fsp3) is 0.152. The zero-order valence-electron chi connectivity index (χ0n) is 20.8. The highest BCUT2D eigenvalue weighted by Crippen LogP contribution is 2.67. The van der Waals surface area contributed by atoms with Crippen LogP contribution in [0.2, 0.25) is 0 Å². The van der Waals surface area contributed by atoms with E-state index in [0.717, 1.165) is 10.0 Å². The van der Waals surface area contributed by atoms with E-state index in [1.807, 2.05) is 19.1 Å². The van der Waals surface area contributed by atoms with Crippen LogP contribution in [0, 0.1) is 12.3 Å². The third-order valence-corrected chi connectivity index (χ3v) is 8.95. The van der Waals surface area contributed by atoms with E-state index in [-0.39, 0.29) is 22.3 Å². The van der Waals surface area contributed by atoms with Crippen LogP contribution in [0.25, 0.3) is 0 Å². The molecule has 0 radical (unpaired) electrons. The fourth-order valence-corrected chi connectivity index (χ4v) is 6.99. The van der Waals surface area contributed by atoms with Gasteiger partial charge in [-0.15, -0.1) is 0 Å². The Balaban J connectivity index is 1.59. The number of halogens is 1. The van der Waals surface area contributed by atoms with Crippen molar-refractivity contribution < 1.29 is 23.9 Å². The number of fused-ring (bicyclic) bond motifs is 2. The molecule has 1 heterocycles. The van der Waals surface area contributed by atoms with E-state index in [0.29, 0.717) is 11.1 Å². The van der Waals surface area contributed by atoms with Crippen molar-refractivity contribution in [3.05, 3.63) is 140 Å². The predicted octanol–water partition coefficient (Wildman–Crippen LogP) is 6.50. The van der Waals surface area contributed by atoms with Gasteiger partial charge in [0.15, 0.2) is 11.6 Å². The molecule has 4 aromatic carbocycles. The first-order valence-corrected chi connectivity index (χ1v) is 13.5. The van der Waals surface area contributed by atoms with Crippen LogP contribution in [-0.2, 0) is 4.74 Å². The van der Waals surface area contributed by atoms with Gasteiger partial charge in [-0.25, -0.2) is 0 Å². The molecule has 0 unspecified atom stereocenters. The van der Waals surface area contributed by atoms with Crippen molar-refractivity contribution in [1.82, 2.24) is 0 Å². The van der Waals surface area contributed by atoms with Crippen molar-refractivity contribution in [3.8, 4) is 0 Å². The van der Waals surface area contributed by atoms with E-state index < -0.39 is 46.2 Å². The van der Waals surface area contributed by atoms with Crippen LogP contribution in [0.4, 0.5) is 0 Å². The minimum atomic E-state index is -2.08. The molecule has 2 atom stereocenters. The molecule has 7 rings (SSSR count). The Kier molecular flexibility index (Phi) is 5.09. The number of aryl methyl sites for hydroxylation is 1. The molecule has 39 heavy (non-hydrogen) atoms. The minimum Gasteiger partial charge on any atom is -0.348 e. The van der Waals surface area contributed by atoms with Crippen molar-refractivity contribution in [2.45, 2.75) is 24.5 Å². The number of Topliss-reactive ketones (excluding diaryl/α,β-unsaturated/α-hetero) is 4. The number of ether oxygens (including phenoxy) is 1. The van der Waals surface area contributed by atoms with Crippen molar-refractivity contribution in [3.63, 3.8) is 0 Å². The summed E-state index contributed by atoms with van der Waals surface area (Å²) in [6.07, 6.45) is -1.17. The topological polar surface area (TPSA) is 77.5 Å². The second-order valence-corrected chi connectivity index (χ2v) is 11.3. The fourth-order valence-electron chi connectivity index (χ4n) is 6.72. The van der Waals surface area contributed by atoms with Gasteiger partial charge in [-0.3, -0.25) is 19.2 Å². The summed E-state index contributed by atoms with van der Waals surface area (Å²) in [5, 5.41) is 0. The Bertz CT molecular complexity index is 1660. The summed E-state index contributed by atoms with van der Waals surface area (Å²) in [6.45, 7) is 1.93. The number of carbonyl (C=O) groups is 4. The van der Waals surface area contributed by atoms with Gasteiger partial charge < -0.3 is 4.74 Å². The summed E-state index contributed by atoms with van der Waals surface area (Å²) in [4.78, 5) is 58.0. The molecule has 5 nitrogen and oxygen atoms in total. The summed E-state index contributed by atoms with van der Waals surface area (Å²) in [5.41, 5.74) is -0.865. The van der Waals surface area contributed by atoms with Gasteiger partial charge in [-0.1, -0.05) is 106 Å². The maximum atomic E-state index is 14.6. The quantitative estimate of drug-likeness (QED) is 0.255. The molecule has 0 amide bonds. The molecule has 190 valence electrons. The monoisotopic (exact) mass is 576 g/mol. The molecule has 3 aliphatic rings. The highest BCUT2D eigenvalue weighted by atomic mass is 79.9. The van der Waals surface area contributed by atoms with E-state index in [1.54, 1.807) is 84.9 Å². The van der Waals surface area contributed by atoms with Crippen molar-refractivity contribution in [2.24, 2.45) is 5.41 Å². The maximum absolute atomic E-state index is 14.6. The Labute approximate surface area is 232 Å². The van der Waals surface area contributed by atoms with Crippen LogP contribution >= 0.6 is 15.9 Å². The van der Waals surface area contributed by atoms with Crippen molar-refractivity contribution in [2.75, 3.05) is 0 Å². The van der Waals surface area contributed by atoms with E-state index in [9.17, 15) is 19.2 Å². The van der Waals surface area contributed by atoms with Gasteiger partial charge in [0, 0.05) is 26.7 Å². The molecule has 0 N–H and O–H groups in total. The first kappa shape index (κ1) is 24.1. The van der Waals surface area contributed by atoms with Gasteiger partial charge in [-0.2, -0.15) is 0 Å². The lowest BCUT2D eigenvalue weighted by molar-refractivity contribution is -0.0210. The average molecular weight is 577 g/mol. The molecule has 0 bridgehead atoms. The average Bonchev–Trinajstić information content (AvgIpc) is 3.48.